The predicted molar refractivity (Wildman–Crippen MR) is 56.4 cm³/mol. The van der Waals surface area contributed by atoms with E-state index in [9.17, 15) is 4.79 Å². The summed E-state index contributed by atoms with van der Waals surface area (Å²) in [5.74, 6) is 0.244. The summed E-state index contributed by atoms with van der Waals surface area (Å²) in [6.07, 6.45) is 3.08. The maximum absolute atomic E-state index is 11.8. The summed E-state index contributed by atoms with van der Waals surface area (Å²) < 4.78 is 0. The van der Waals surface area contributed by atoms with E-state index >= 15 is 0 Å². The van der Waals surface area contributed by atoms with Gasteiger partial charge in [-0.25, -0.2) is 0 Å². The molecule has 2 rings (SSSR count). The topological polar surface area (TPSA) is 17.1 Å². The number of carbonyl (C=O) groups is 1. The first-order valence-corrected chi connectivity index (χ1v) is 5.47. The van der Waals surface area contributed by atoms with Crippen molar-refractivity contribution in [3.05, 3.63) is 35.4 Å². The van der Waals surface area contributed by atoms with Crippen LogP contribution in [0.5, 0.6) is 0 Å². The van der Waals surface area contributed by atoms with Gasteiger partial charge >= 0.3 is 0 Å². The smallest absolute Gasteiger partial charge is 0.176 e. The third-order valence-corrected chi connectivity index (χ3v) is 3.34. The molecule has 0 radical (unpaired) electrons. The Kier molecular flexibility index (Phi) is 2.49. The summed E-state index contributed by atoms with van der Waals surface area (Å²) in [7, 11) is 0. The van der Waals surface area contributed by atoms with Crippen LogP contribution in [0.4, 0.5) is 0 Å². The largest absolute Gasteiger partial charge is 0.293 e. The highest BCUT2D eigenvalue weighted by Crippen LogP contribution is 2.24. The molecule has 0 aliphatic heterocycles. The fourth-order valence-electron chi connectivity index (χ4n) is 1.75. The van der Waals surface area contributed by atoms with Gasteiger partial charge in [0.25, 0.3) is 0 Å². The minimum Gasteiger partial charge on any atom is -0.293 e. The first kappa shape index (κ1) is 8.95. The van der Waals surface area contributed by atoms with Gasteiger partial charge in [0.2, 0.25) is 0 Å². The van der Waals surface area contributed by atoms with Gasteiger partial charge in [-0.3, -0.25) is 4.79 Å². The Labute approximate surface area is 86.3 Å². The number of alkyl halides is 1. The van der Waals surface area contributed by atoms with Crippen LogP contribution in [0.1, 0.15) is 28.8 Å². The normalized spacial score (nSPS) is 22.2. The highest BCUT2D eigenvalue weighted by Gasteiger charge is 2.22. The van der Waals surface area contributed by atoms with E-state index in [1.807, 2.05) is 18.2 Å². The number of Topliss-reactive ketones (excluding diaryl/α,β-unsaturated/α-hetero) is 1. The molecule has 68 valence electrons. The third-order valence-electron chi connectivity index (χ3n) is 2.47. The van der Waals surface area contributed by atoms with Gasteiger partial charge in [-0.05, 0) is 24.8 Å². The number of rotatable bonds is 0. The molecule has 0 aromatic heterocycles. The standard InChI is InChI=1S/C11H11BrO/c12-10-7-3-5-8-4-1-2-6-9(8)11(10)13/h1-2,4,6,10H,3,5,7H2/t10-/m1/s1. The van der Waals surface area contributed by atoms with Crippen LogP contribution in [0.2, 0.25) is 0 Å². The lowest BCUT2D eigenvalue weighted by atomic mass is 10.0. The SMILES string of the molecule is O=C1c2ccccc2CCC[C@H]1Br. The molecule has 1 aliphatic carbocycles. The van der Waals surface area contributed by atoms with Crippen LogP contribution >= 0.6 is 15.9 Å². The number of halogens is 1. The number of hydrogen-bond donors (Lipinski definition) is 0. The molecular weight excluding hydrogens is 228 g/mol. The third kappa shape index (κ3) is 1.68. The second-order valence-corrected chi connectivity index (χ2v) is 4.49. The van der Waals surface area contributed by atoms with E-state index in [4.69, 9.17) is 0 Å². The van der Waals surface area contributed by atoms with E-state index in [1.165, 1.54) is 5.56 Å². The lowest BCUT2D eigenvalue weighted by Gasteiger charge is -2.04. The monoisotopic (exact) mass is 238 g/mol. The molecule has 0 saturated heterocycles. The van der Waals surface area contributed by atoms with Crippen LogP contribution in [0.25, 0.3) is 0 Å². The molecule has 0 fully saturated rings. The van der Waals surface area contributed by atoms with Gasteiger partial charge in [0.05, 0.1) is 4.83 Å². The molecule has 1 aromatic rings. The average Bonchev–Trinajstić information content (AvgIpc) is 2.29. The molecule has 0 spiro atoms. The Morgan fingerprint density at radius 3 is 2.92 bits per heavy atom. The van der Waals surface area contributed by atoms with Crippen LogP contribution < -0.4 is 0 Å². The van der Waals surface area contributed by atoms with Gasteiger partial charge in [0.15, 0.2) is 5.78 Å². The van der Waals surface area contributed by atoms with E-state index in [-0.39, 0.29) is 10.6 Å². The Morgan fingerprint density at radius 1 is 1.31 bits per heavy atom. The van der Waals surface area contributed by atoms with Gasteiger partial charge in [-0.1, -0.05) is 40.2 Å². The molecule has 1 nitrogen and oxygen atoms in total. The number of carbonyl (C=O) groups excluding carboxylic acids is 1. The molecule has 1 aliphatic rings. The van der Waals surface area contributed by atoms with Crippen molar-refractivity contribution in [1.29, 1.82) is 0 Å². The van der Waals surface area contributed by atoms with Gasteiger partial charge in [0, 0.05) is 5.56 Å². The van der Waals surface area contributed by atoms with Crippen molar-refractivity contribution in [2.45, 2.75) is 24.1 Å². The van der Waals surface area contributed by atoms with Gasteiger partial charge < -0.3 is 0 Å². The minimum atomic E-state index is 0.0242. The molecule has 0 bridgehead atoms. The second-order valence-electron chi connectivity index (χ2n) is 3.38. The van der Waals surface area contributed by atoms with Crippen molar-refractivity contribution in [2.24, 2.45) is 0 Å². The van der Waals surface area contributed by atoms with Crippen molar-refractivity contribution < 1.29 is 4.79 Å². The number of fused-ring (bicyclic) bond motifs is 1. The maximum Gasteiger partial charge on any atom is 0.176 e. The van der Waals surface area contributed by atoms with Crippen LogP contribution in [0, 0.1) is 0 Å². The van der Waals surface area contributed by atoms with Crippen molar-refractivity contribution in [1.82, 2.24) is 0 Å². The molecule has 0 saturated carbocycles. The van der Waals surface area contributed by atoms with Crippen LogP contribution in [0.15, 0.2) is 24.3 Å². The Bertz CT molecular complexity index is 333. The summed E-state index contributed by atoms with van der Waals surface area (Å²) in [5.41, 5.74) is 2.11. The number of hydrogen-bond acceptors (Lipinski definition) is 1. The van der Waals surface area contributed by atoms with Crippen molar-refractivity contribution in [3.8, 4) is 0 Å². The Hall–Kier alpha value is -0.630. The van der Waals surface area contributed by atoms with E-state index in [0.717, 1.165) is 24.8 Å². The van der Waals surface area contributed by atoms with Gasteiger partial charge in [-0.15, -0.1) is 0 Å². The molecule has 2 heteroatoms. The fraction of sp³-hybridized carbons (Fsp3) is 0.364. The van der Waals surface area contributed by atoms with Gasteiger partial charge in [0.1, 0.15) is 0 Å². The van der Waals surface area contributed by atoms with Crippen molar-refractivity contribution >= 4 is 21.7 Å². The Morgan fingerprint density at radius 2 is 2.08 bits per heavy atom. The van der Waals surface area contributed by atoms with E-state index in [1.54, 1.807) is 0 Å². The molecular formula is C11H11BrO. The molecule has 0 amide bonds. The summed E-state index contributed by atoms with van der Waals surface area (Å²) in [6, 6.07) is 7.91. The number of ketones is 1. The first-order valence-electron chi connectivity index (χ1n) is 4.55. The van der Waals surface area contributed by atoms with Crippen molar-refractivity contribution in [3.63, 3.8) is 0 Å². The summed E-state index contributed by atoms with van der Waals surface area (Å²) in [4.78, 5) is 11.8. The molecule has 1 atom stereocenters. The summed E-state index contributed by atoms with van der Waals surface area (Å²) >= 11 is 3.42. The lowest BCUT2D eigenvalue weighted by Crippen LogP contribution is -2.12. The summed E-state index contributed by atoms with van der Waals surface area (Å²) in [5, 5.41) is 0. The average molecular weight is 239 g/mol. The molecule has 0 unspecified atom stereocenters. The zero-order valence-corrected chi connectivity index (χ0v) is 8.88. The van der Waals surface area contributed by atoms with E-state index in [0.29, 0.717) is 0 Å². The predicted octanol–water partition coefficient (Wildman–Crippen LogP) is 2.97. The van der Waals surface area contributed by atoms with E-state index in [2.05, 4.69) is 22.0 Å². The quantitative estimate of drug-likeness (QED) is 0.502. The van der Waals surface area contributed by atoms with Crippen LogP contribution in [-0.2, 0) is 6.42 Å². The van der Waals surface area contributed by atoms with E-state index < -0.39 is 0 Å². The summed E-state index contributed by atoms with van der Waals surface area (Å²) in [6.45, 7) is 0. The molecule has 13 heavy (non-hydrogen) atoms. The lowest BCUT2D eigenvalue weighted by molar-refractivity contribution is 0.0990. The van der Waals surface area contributed by atoms with Crippen molar-refractivity contribution in [2.75, 3.05) is 0 Å². The molecule has 0 heterocycles. The maximum atomic E-state index is 11.8. The second kappa shape index (κ2) is 3.62. The van der Waals surface area contributed by atoms with Gasteiger partial charge in [-0.2, -0.15) is 0 Å². The first-order chi connectivity index (χ1) is 6.29. The Balaban J connectivity index is 2.46. The van der Waals surface area contributed by atoms with Crippen LogP contribution in [0.3, 0.4) is 0 Å². The number of aryl methyl sites for hydroxylation is 1. The molecule has 1 aromatic carbocycles. The fourth-order valence-corrected chi connectivity index (χ4v) is 2.32. The number of benzene rings is 1. The molecule has 0 N–H and O–H groups in total. The zero-order valence-electron chi connectivity index (χ0n) is 7.29. The van der Waals surface area contributed by atoms with Crippen LogP contribution in [-0.4, -0.2) is 10.6 Å². The highest BCUT2D eigenvalue weighted by atomic mass is 79.9. The zero-order chi connectivity index (χ0) is 9.26. The minimum absolute atomic E-state index is 0.0242. The highest BCUT2D eigenvalue weighted by molar-refractivity contribution is 9.10.